The first-order valence-corrected chi connectivity index (χ1v) is 7.30. The second kappa shape index (κ2) is 5.52. The molecule has 2 aromatic rings. The predicted molar refractivity (Wildman–Crippen MR) is 76.5 cm³/mol. The lowest BCUT2D eigenvalue weighted by Gasteiger charge is -1.98. The molecule has 4 nitrogen and oxygen atoms in total. The Morgan fingerprint density at radius 2 is 1.58 bits per heavy atom. The van der Waals surface area contributed by atoms with Crippen molar-refractivity contribution in [2.75, 3.05) is 0 Å². The van der Waals surface area contributed by atoms with Crippen LogP contribution in [-0.2, 0) is 10.0 Å². The van der Waals surface area contributed by atoms with Crippen LogP contribution in [0.3, 0.4) is 0 Å². The standard InChI is InChI=1S/C13H11ClN2O2S/c14-11-3-5-12(6-4-11)16-9-10-1-7-13(8-2-10)19(15,17)18/h1-9H,(H2,15,17,18)/b16-9+. The van der Waals surface area contributed by atoms with Crippen LogP contribution in [0.4, 0.5) is 5.69 Å². The van der Waals surface area contributed by atoms with Crippen LogP contribution in [0.25, 0.3) is 0 Å². The second-order valence-electron chi connectivity index (χ2n) is 3.85. The summed E-state index contributed by atoms with van der Waals surface area (Å²) >= 11 is 5.77. The number of aliphatic imine (C=N–C) groups is 1. The summed E-state index contributed by atoms with van der Waals surface area (Å²) in [4.78, 5) is 4.32. The number of nitrogens with zero attached hydrogens (tertiary/aromatic N) is 1. The highest BCUT2D eigenvalue weighted by atomic mass is 35.5. The monoisotopic (exact) mass is 294 g/mol. The van der Waals surface area contributed by atoms with Crippen molar-refractivity contribution < 1.29 is 8.42 Å². The third-order valence-corrected chi connectivity index (χ3v) is 3.58. The van der Waals surface area contributed by atoms with Gasteiger partial charge in [0, 0.05) is 11.2 Å². The number of primary sulfonamides is 1. The van der Waals surface area contributed by atoms with Crippen LogP contribution >= 0.6 is 11.6 Å². The van der Waals surface area contributed by atoms with Gasteiger partial charge in [-0.1, -0.05) is 23.7 Å². The molecular formula is C13H11ClN2O2S. The molecule has 0 saturated heterocycles. The summed E-state index contributed by atoms with van der Waals surface area (Å²) in [5.74, 6) is 0. The highest BCUT2D eigenvalue weighted by Gasteiger charge is 2.05. The highest BCUT2D eigenvalue weighted by molar-refractivity contribution is 7.89. The van der Waals surface area contributed by atoms with Crippen LogP contribution in [0.5, 0.6) is 0 Å². The zero-order chi connectivity index (χ0) is 13.9. The first-order valence-electron chi connectivity index (χ1n) is 5.38. The molecular weight excluding hydrogens is 284 g/mol. The van der Waals surface area contributed by atoms with Gasteiger partial charge in [-0.15, -0.1) is 0 Å². The quantitative estimate of drug-likeness (QED) is 0.884. The van der Waals surface area contributed by atoms with E-state index in [9.17, 15) is 8.42 Å². The van der Waals surface area contributed by atoms with E-state index in [1.54, 1.807) is 42.6 Å². The van der Waals surface area contributed by atoms with E-state index >= 15 is 0 Å². The number of hydrogen-bond donors (Lipinski definition) is 1. The Balaban J connectivity index is 2.18. The summed E-state index contributed by atoms with van der Waals surface area (Å²) in [5.41, 5.74) is 1.54. The van der Waals surface area contributed by atoms with Crippen molar-refractivity contribution in [2.24, 2.45) is 10.1 Å². The number of sulfonamides is 1. The van der Waals surface area contributed by atoms with E-state index in [4.69, 9.17) is 16.7 Å². The number of halogens is 1. The smallest absolute Gasteiger partial charge is 0.238 e. The molecule has 0 unspecified atom stereocenters. The van der Waals surface area contributed by atoms with E-state index in [0.29, 0.717) is 5.02 Å². The SMILES string of the molecule is NS(=O)(=O)c1ccc(/C=N/c2ccc(Cl)cc2)cc1. The van der Waals surface area contributed by atoms with Gasteiger partial charge < -0.3 is 0 Å². The van der Waals surface area contributed by atoms with Crippen LogP contribution < -0.4 is 5.14 Å². The van der Waals surface area contributed by atoms with Crippen molar-refractivity contribution in [3.63, 3.8) is 0 Å². The van der Waals surface area contributed by atoms with Crippen LogP contribution in [0.2, 0.25) is 5.02 Å². The lowest BCUT2D eigenvalue weighted by atomic mass is 10.2. The predicted octanol–water partition coefficient (Wildman–Crippen LogP) is 2.74. The fourth-order valence-electron chi connectivity index (χ4n) is 1.42. The summed E-state index contributed by atoms with van der Waals surface area (Å²) < 4.78 is 22.2. The number of nitrogens with two attached hydrogens (primary N) is 1. The summed E-state index contributed by atoms with van der Waals surface area (Å²) in [6, 6.07) is 13.2. The zero-order valence-electron chi connectivity index (χ0n) is 9.82. The van der Waals surface area contributed by atoms with Crippen LogP contribution in [0.1, 0.15) is 5.56 Å². The Morgan fingerprint density at radius 3 is 2.11 bits per heavy atom. The lowest BCUT2D eigenvalue weighted by molar-refractivity contribution is 0.598. The molecule has 0 heterocycles. The maximum absolute atomic E-state index is 11.1. The molecule has 2 aromatic carbocycles. The molecule has 0 aliphatic heterocycles. The summed E-state index contributed by atoms with van der Waals surface area (Å²) in [7, 11) is -3.65. The Labute approximate surface area is 116 Å². The molecule has 0 bridgehead atoms. The lowest BCUT2D eigenvalue weighted by Crippen LogP contribution is -2.11. The van der Waals surface area contributed by atoms with E-state index in [1.807, 2.05) is 0 Å². The number of benzene rings is 2. The summed E-state index contributed by atoms with van der Waals surface area (Å²) in [5, 5.41) is 5.66. The van der Waals surface area contributed by atoms with Gasteiger partial charge in [0.25, 0.3) is 0 Å². The fraction of sp³-hybridized carbons (Fsp3) is 0. The fourth-order valence-corrected chi connectivity index (χ4v) is 2.06. The molecule has 0 fully saturated rings. The van der Waals surface area contributed by atoms with Gasteiger partial charge in [-0.25, -0.2) is 13.6 Å². The minimum atomic E-state index is -3.65. The maximum Gasteiger partial charge on any atom is 0.238 e. The molecule has 0 radical (unpaired) electrons. The van der Waals surface area contributed by atoms with E-state index in [0.717, 1.165) is 11.3 Å². The maximum atomic E-state index is 11.1. The molecule has 2 N–H and O–H groups in total. The Kier molecular flexibility index (Phi) is 3.99. The summed E-state index contributed by atoms with van der Waals surface area (Å²) in [6.07, 6.45) is 1.64. The van der Waals surface area contributed by atoms with Crippen molar-refractivity contribution in [1.29, 1.82) is 0 Å². The van der Waals surface area contributed by atoms with E-state index in [1.165, 1.54) is 12.1 Å². The van der Waals surface area contributed by atoms with E-state index < -0.39 is 10.0 Å². The molecule has 0 saturated carbocycles. The van der Waals surface area contributed by atoms with Gasteiger partial charge in [0.1, 0.15) is 0 Å². The van der Waals surface area contributed by atoms with Crippen LogP contribution in [-0.4, -0.2) is 14.6 Å². The van der Waals surface area contributed by atoms with Gasteiger partial charge in [-0.3, -0.25) is 4.99 Å². The third-order valence-electron chi connectivity index (χ3n) is 2.40. The average molecular weight is 295 g/mol. The normalized spacial score (nSPS) is 11.9. The van der Waals surface area contributed by atoms with Crippen molar-refractivity contribution >= 4 is 33.5 Å². The second-order valence-corrected chi connectivity index (χ2v) is 5.85. The Hall–Kier alpha value is -1.69. The highest BCUT2D eigenvalue weighted by Crippen LogP contribution is 2.16. The largest absolute Gasteiger partial charge is 0.256 e. The van der Waals surface area contributed by atoms with E-state index in [2.05, 4.69) is 4.99 Å². The first-order chi connectivity index (χ1) is 8.95. The molecule has 0 spiro atoms. The Morgan fingerprint density at radius 1 is 1.00 bits per heavy atom. The van der Waals surface area contributed by atoms with Gasteiger partial charge >= 0.3 is 0 Å². The molecule has 19 heavy (non-hydrogen) atoms. The molecule has 0 atom stereocenters. The third kappa shape index (κ3) is 3.89. The molecule has 0 aliphatic carbocycles. The average Bonchev–Trinajstić information content (AvgIpc) is 2.37. The van der Waals surface area contributed by atoms with E-state index in [-0.39, 0.29) is 4.90 Å². The van der Waals surface area contributed by atoms with Gasteiger partial charge in [-0.2, -0.15) is 0 Å². The van der Waals surface area contributed by atoms with Crippen molar-refractivity contribution in [3.05, 3.63) is 59.1 Å². The van der Waals surface area contributed by atoms with Gasteiger partial charge in [0.2, 0.25) is 10.0 Å². The molecule has 6 heteroatoms. The van der Waals surface area contributed by atoms with Crippen molar-refractivity contribution in [2.45, 2.75) is 4.90 Å². The van der Waals surface area contributed by atoms with Crippen LogP contribution in [0, 0.1) is 0 Å². The molecule has 98 valence electrons. The Bertz CT molecular complexity index is 692. The molecule has 0 aliphatic rings. The van der Waals surface area contributed by atoms with Gasteiger partial charge in [-0.05, 0) is 42.0 Å². The zero-order valence-corrected chi connectivity index (χ0v) is 11.4. The van der Waals surface area contributed by atoms with Crippen molar-refractivity contribution in [3.8, 4) is 0 Å². The van der Waals surface area contributed by atoms with Gasteiger partial charge in [0.15, 0.2) is 0 Å². The van der Waals surface area contributed by atoms with Crippen LogP contribution in [0.15, 0.2) is 58.4 Å². The molecule has 2 rings (SSSR count). The molecule has 0 aromatic heterocycles. The van der Waals surface area contributed by atoms with Gasteiger partial charge in [0.05, 0.1) is 10.6 Å². The molecule has 0 amide bonds. The topological polar surface area (TPSA) is 72.5 Å². The first kappa shape index (κ1) is 13.7. The minimum absolute atomic E-state index is 0.0798. The summed E-state index contributed by atoms with van der Waals surface area (Å²) in [6.45, 7) is 0. The number of hydrogen-bond acceptors (Lipinski definition) is 3. The van der Waals surface area contributed by atoms with Crippen molar-refractivity contribution in [1.82, 2.24) is 0 Å². The minimum Gasteiger partial charge on any atom is -0.256 e. The number of rotatable bonds is 3.